The van der Waals surface area contributed by atoms with Crippen molar-refractivity contribution in [2.75, 3.05) is 26.2 Å². The van der Waals surface area contributed by atoms with E-state index >= 15 is 0 Å². The van der Waals surface area contributed by atoms with Gasteiger partial charge in [-0.05, 0) is 52.9 Å². The standard InChI is InChI=1S/C26H26N2O2/c1-26(12-13-26)25(30)28-16-14-27(15-17-28)24(29)21-9-6-20(7-10-21)23-11-8-19-4-2-3-5-22(19)18-23/h2-11,18H,12-17H2,1H3. The van der Waals surface area contributed by atoms with Gasteiger partial charge in [0.1, 0.15) is 0 Å². The van der Waals surface area contributed by atoms with Crippen LogP contribution in [0.1, 0.15) is 30.1 Å². The Morgan fingerprint density at radius 3 is 2.00 bits per heavy atom. The minimum atomic E-state index is -0.134. The molecule has 0 bridgehead atoms. The van der Waals surface area contributed by atoms with Crippen LogP contribution in [-0.4, -0.2) is 47.8 Å². The lowest BCUT2D eigenvalue weighted by molar-refractivity contribution is -0.137. The number of amides is 2. The molecular weight excluding hydrogens is 372 g/mol. The Balaban J connectivity index is 1.26. The predicted octanol–water partition coefficient (Wildman–Crippen LogP) is 4.59. The van der Waals surface area contributed by atoms with Gasteiger partial charge in [-0.3, -0.25) is 9.59 Å². The first kappa shape index (κ1) is 18.9. The van der Waals surface area contributed by atoms with Crippen molar-refractivity contribution in [3.05, 3.63) is 72.3 Å². The molecule has 30 heavy (non-hydrogen) atoms. The number of nitrogens with zero attached hydrogens (tertiary/aromatic N) is 2. The molecule has 1 heterocycles. The van der Waals surface area contributed by atoms with Gasteiger partial charge in [0, 0.05) is 37.2 Å². The molecule has 4 nitrogen and oxygen atoms in total. The summed E-state index contributed by atoms with van der Waals surface area (Å²) in [4.78, 5) is 29.2. The number of rotatable bonds is 3. The number of benzene rings is 3. The molecule has 3 aromatic rings. The van der Waals surface area contributed by atoms with Crippen molar-refractivity contribution in [1.29, 1.82) is 0 Å². The molecule has 152 valence electrons. The Morgan fingerprint density at radius 1 is 0.733 bits per heavy atom. The van der Waals surface area contributed by atoms with Gasteiger partial charge in [-0.25, -0.2) is 0 Å². The fourth-order valence-corrected chi connectivity index (χ4v) is 4.25. The third-order valence-corrected chi connectivity index (χ3v) is 6.59. The molecular formula is C26H26N2O2. The SMILES string of the molecule is CC1(C(=O)N2CCN(C(=O)c3ccc(-c4ccc5ccccc5c4)cc3)CC2)CC1. The summed E-state index contributed by atoms with van der Waals surface area (Å²) in [6.07, 6.45) is 1.99. The van der Waals surface area contributed by atoms with Gasteiger partial charge in [0.15, 0.2) is 0 Å². The molecule has 1 aliphatic carbocycles. The quantitative estimate of drug-likeness (QED) is 0.647. The van der Waals surface area contributed by atoms with Crippen molar-refractivity contribution in [2.24, 2.45) is 5.41 Å². The van der Waals surface area contributed by atoms with Crippen molar-refractivity contribution in [1.82, 2.24) is 9.80 Å². The summed E-state index contributed by atoms with van der Waals surface area (Å²) in [5, 5.41) is 2.43. The number of hydrogen-bond donors (Lipinski definition) is 0. The third kappa shape index (κ3) is 3.47. The lowest BCUT2D eigenvalue weighted by atomic mass is 10.00. The molecule has 0 atom stereocenters. The number of hydrogen-bond acceptors (Lipinski definition) is 2. The largest absolute Gasteiger partial charge is 0.339 e. The average molecular weight is 399 g/mol. The summed E-state index contributed by atoms with van der Waals surface area (Å²) >= 11 is 0. The highest BCUT2D eigenvalue weighted by atomic mass is 16.2. The van der Waals surface area contributed by atoms with E-state index < -0.39 is 0 Å². The maximum absolute atomic E-state index is 12.9. The molecule has 0 N–H and O–H groups in total. The van der Waals surface area contributed by atoms with Crippen LogP contribution >= 0.6 is 0 Å². The first-order valence-corrected chi connectivity index (χ1v) is 10.7. The van der Waals surface area contributed by atoms with Crippen LogP contribution < -0.4 is 0 Å². The second-order valence-corrected chi connectivity index (χ2v) is 8.78. The second kappa shape index (κ2) is 7.28. The molecule has 1 saturated heterocycles. The van der Waals surface area contributed by atoms with Gasteiger partial charge in [-0.2, -0.15) is 0 Å². The minimum Gasteiger partial charge on any atom is -0.339 e. The molecule has 0 spiro atoms. The maximum Gasteiger partial charge on any atom is 0.253 e. The van der Waals surface area contributed by atoms with E-state index in [4.69, 9.17) is 0 Å². The van der Waals surface area contributed by atoms with Crippen LogP contribution in [0.4, 0.5) is 0 Å². The van der Waals surface area contributed by atoms with Gasteiger partial charge in [0.05, 0.1) is 0 Å². The number of piperazine rings is 1. The Hall–Kier alpha value is -3.14. The molecule has 1 saturated carbocycles. The predicted molar refractivity (Wildman–Crippen MR) is 119 cm³/mol. The molecule has 3 aromatic carbocycles. The van der Waals surface area contributed by atoms with E-state index in [2.05, 4.69) is 30.3 Å². The van der Waals surface area contributed by atoms with Crippen molar-refractivity contribution >= 4 is 22.6 Å². The topological polar surface area (TPSA) is 40.6 Å². The number of fused-ring (bicyclic) bond motifs is 1. The molecule has 2 amide bonds. The maximum atomic E-state index is 12.9. The van der Waals surface area contributed by atoms with Gasteiger partial charge >= 0.3 is 0 Å². The summed E-state index contributed by atoms with van der Waals surface area (Å²) in [5.41, 5.74) is 2.82. The fraction of sp³-hybridized carbons (Fsp3) is 0.308. The minimum absolute atomic E-state index is 0.0461. The van der Waals surface area contributed by atoms with Crippen LogP contribution in [0.2, 0.25) is 0 Å². The average Bonchev–Trinajstić information content (AvgIpc) is 3.56. The zero-order chi connectivity index (χ0) is 20.7. The Kier molecular flexibility index (Phi) is 4.58. The smallest absolute Gasteiger partial charge is 0.253 e. The highest BCUT2D eigenvalue weighted by Crippen LogP contribution is 2.46. The van der Waals surface area contributed by atoms with Crippen LogP contribution in [0.3, 0.4) is 0 Å². The molecule has 1 aliphatic heterocycles. The van der Waals surface area contributed by atoms with E-state index in [0.29, 0.717) is 31.7 Å². The van der Waals surface area contributed by atoms with E-state index in [1.165, 1.54) is 10.8 Å². The van der Waals surface area contributed by atoms with Crippen LogP contribution in [0.25, 0.3) is 21.9 Å². The summed E-state index contributed by atoms with van der Waals surface area (Å²) < 4.78 is 0. The lowest BCUT2D eigenvalue weighted by Gasteiger charge is -2.36. The fourth-order valence-electron chi connectivity index (χ4n) is 4.25. The van der Waals surface area contributed by atoms with E-state index in [1.54, 1.807) is 0 Å². The molecule has 4 heteroatoms. The summed E-state index contributed by atoms with van der Waals surface area (Å²) in [5.74, 6) is 0.305. The lowest BCUT2D eigenvalue weighted by Crippen LogP contribution is -2.52. The van der Waals surface area contributed by atoms with E-state index in [1.807, 2.05) is 53.1 Å². The third-order valence-electron chi connectivity index (χ3n) is 6.59. The van der Waals surface area contributed by atoms with Gasteiger partial charge in [-0.1, -0.05) is 55.5 Å². The summed E-state index contributed by atoms with van der Waals surface area (Å²) in [6.45, 7) is 4.52. The normalized spacial score (nSPS) is 17.8. The molecule has 2 fully saturated rings. The molecule has 5 rings (SSSR count). The highest BCUT2D eigenvalue weighted by molar-refractivity contribution is 5.95. The zero-order valence-electron chi connectivity index (χ0n) is 17.3. The molecule has 0 radical (unpaired) electrons. The van der Waals surface area contributed by atoms with Crippen LogP contribution in [0.15, 0.2) is 66.7 Å². The Labute approximate surface area is 177 Å². The van der Waals surface area contributed by atoms with Crippen molar-refractivity contribution in [3.63, 3.8) is 0 Å². The molecule has 0 aromatic heterocycles. The summed E-state index contributed by atoms with van der Waals surface area (Å²) in [6, 6.07) is 22.6. The zero-order valence-corrected chi connectivity index (χ0v) is 17.3. The Bertz CT molecular complexity index is 1110. The van der Waals surface area contributed by atoms with Crippen molar-refractivity contribution < 1.29 is 9.59 Å². The first-order valence-electron chi connectivity index (χ1n) is 10.7. The highest BCUT2D eigenvalue weighted by Gasteiger charge is 2.47. The Morgan fingerprint density at radius 2 is 1.33 bits per heavy atom. The van der Waals surface area contributed by atoms with Crippen molar-refractivity contribution in [2.45, 2.75) is 19.8 Å². The first-order chi connectivity index (χ1) is 14.5. The molecule has 2 aliphatic rings. The monoisotopic (exact) mass is 398 g/mol. The van der Waals surface area contributed by atoms with Crippen molar-refractivity contribution in [3.8, 4) is 11.1 Å². The summed E-state index contributed by atoms with van der Waals surface area (Å²) in [7, 11) is 0. The van der Waals surface area contributed by atoms with Gasteiger partial charge in [0.2, 0.25) is 5.91 Å². The number of carbonyl (C=O) groups excluding carboxylic acids is 2. The molecule has 0 unspecified atom stereocenters. The van der Waals surface area contributed by atoms with Gasteiger partial charge in [0.25, 0.3) is 5.91 Å². The van der Waals surface area contributed by atoms with Crippen LogP contribution in [-0.2, 0) is 4.79 Å². The van der Waals surface area contributed by atoms with Gasteiger partial charge < -0.3 is 9.80 Å². The van der Waals surface area contributed by atoms with E-state index in [0.717, 1.165) is 24.0 Å². The van der Waals surface area contributed by atoms with Crippen LogP contribution in [0, 0.1) is 5.41 Å². The second-order valence-electron chi connectivity index (χ2n) is 8.78. The van der Waals surface area contributed by atoms with Crippen LogP contribution in [0.5, 0.6) is 0 Å². The number of carbonyl (C=O) groups is 2. The van der Waals surface area contributed by atoms with E-state index in [9.17, 15) is 9.59 Å². The van der Waals surface area contributed by atoms with E-state index in [-0.39, 0.29) is 17.2 Å². The van der Waals surface area contributed by atoms with Gasteiger partial charge in [-0.15, -0.1) is 0 Å².